The van der Waals surface area contributed by atoms with Crippen molar-refractivity contribution in [2.24, 2.45) is 5.92 Å². The second-order valence-electron chi connectivity index (χ2n) is 3.54. The van der Waals surface area contributed by atoms with Gasteiger partial charge in [0, 0.05) is 0 Å². The molecule has 0 N–H and O–H groups in total. The predicted molar refractivity (Wildman–Crippen MR) is 67.5 cm³/mol. The zero-order valence-corrected chi connectivity index (χ0v) is 10.7. The molecule has 1 fully saturated rings. The quantitative estimate of drug-likeness (QED) is 0.673. The highest BCUT2D eigenvalue weighted by Gasteiger charge is 2.12. The van der Waals surface area contributed by atoms with E-state index in [1.807, 2.05) is 19.9 Å². The Morgan fingerprint density at radius 3 is 1.94 bits per heavy atom. The number of hydrogen-bond donors (Lipinski definition) is 0. The third-order valence-corrected chi connectivity index (χ3v) is 2.06. The number of hydrogen-bond acceptors (Lipinski definition) is 2. The van der Waals surface area contributed by atoms with E-state index in [1.54, 1.807) is 24.3 Å². The van der Waals surface area contributed by atoms with Gasteiger partial charge in [0.1, 0.15) is 0 Å². The van der Waals surface area contributed by atoms with Gasteiger partial charge in [-0.15, -0.1) is 0 Å². The number of esters is 1. The maximum absolute atomic E-state index is 10.8. The number of methoxy groups -OCH3 is 1. The SMILES string of the molecule is CC.CC1CC1.COC(=O)c1ccccc1. The molecule has 0 unspecified atom stereocenters. The van der Waals surface area contributed by atoms with Crippen molar-refractivity contribution in [3.63, 3.8) is 0 Å². The molecule has 0 bridgehead atoms. The molecule has 0 saturated heterocycles. The Morgan fingerprint density at radius 1 is 1.19 bits per heavy atom. The Balaban J connectivity index is 0.000000311. The van der Waals surface area contributed by atoms with Gasteiger partial charge in [-0.2, -0.15) is 0 Å². The summed E-state index contributed by atoms with van der Waals surface area (Å²) in [5.41, 5.74) is 0.588. The minimum Gasteiger partial charge on any atom is -0.465 e. The standard InChI is InChI=1S/C8H8O2.C4H8.C2H6/c1-10-8(9)7-5-3-2-4-6-7;1-4-2-3-4;1-2/h2-6H,1H3;4H,2-3H2,1H3;1-2H3. The fraction of sp³-hybridized carbons (Fsp3) is 0.500. The molecule has 1 aromatic rings. The average Bonchev–Trinajstić information content (AvgIpc) is 3.15. The summed E-state index contributed by atoms with van der Waals surface area (Å²) in [7, 11) is 1.37. The van der Waals surface area contributed by atoms with E-state index >= 15 is 0 Å². The first kappa shape index (κ1) is 14.7. The van der Waals surface area contributed by atoms with Gasteiger partial charge in [-0.05, 0) is 18.1 Å². The zero-order valence-electron chi connectivity index (χ0n) is 10.7. The third kappa shape index (κ3) is 7.04. The van der Waals surface area contributed by atoms with Gasteiger partial charge >= 0.3 is 5.97 Å². The summed E-state index contributed by atoms with van der Waals surface area (Å²) in [6, 6.07) is 8.88. The lowest BCUT2D eigenvalue weighted by Gasteiger charge is -1.95. The third-order valence-electron chi connectivity index (χ3n) is 2.06. The second-order valence-corrected chi connectivity index (χ2v) is 3.54. The van der Waals surface area contributed by atoms with Crippen LogP contribution in [0.4, 0.5) is 0 Å². The van der Waals surface area contributed by atoms with Crippen LogP contribution in [0.5, 0.6) is 0 Å². The molecule has 2 rings (SSSR count). The summed E-state index contributed by atoms with van der Waals surface area (Å²) in [5, 5.41) is 0. The van der Waals surface area contributed by atoms with Crippen molar-refractivity contribution in [1.82, 2.24) is 0 Å². The van der Waals surface area contributed by atoms with Crippen LogP contribution in [0, 0.1) is 5.92 Å². The van der Waals surface area contributed by atoms with Crippen LogP contribution in [0.25, 0.3) is 0 Å². The lowest BCUT2D eigenvalue weighted by atomic mass is 10.2. The zero-order chi connectivity index (χ0) is 12.4. The molecule has 2 heteroatoms. The van der Waals surface area contributed by atoms with Crippen LogP contribution in [0.3, 0.4) is 0 Å². The lowest BCUT2D eigenvalue weighted by Crippen LogP contribution is -1.99. The molecule has 1 saturated carbocycles. The van der Waals surface area contributed by atoms with E-state index < -0.39 is 0 Å². The molecule has 16 heavy (non-hydrogen) atoms. The number of ether oxygens (including phenoxy) is 1. The molecule has 0 spiro atoms. The van der Waals surface area contributed by atoms with E-state index in [4.69, 9.17) is 0 Å². The highest BCUT2D eigenvalue weighted by Crippen LogP contribution is 2.26. The summed E-state index contributed by atoms with van der Waals surface area (Å²) < 4.78 is 4.50. The topological polar surface area (TPSA) is 26.3 Å². The fourth-order valence-electron chi connectivity index (χ4n) is 0.859. The van der Waals surface area contributed by atoms with Crippen molar-refractivity contribution in [1.29, 1.82) is 0 Å². The van der Waals surface area contributed by atoms with E-state index in [1.165, 1.54) is 20.0 Å². The Morgan fingerprint density at radius 2 is 1.62 bits per heavy atom. The minimum absolute atomic E-state index is 0.291. The van der Waals surface area contributed by atoms with Gasteiger partial charge in [-0.3, -0.25) is 0 Å². The van der Waals surface area contributed by atoms with Crippen molar-refractivity contribution in [3.8, 4) is 0 Å². The normalized spacial score (nSPS) is 12.5. The average molecular weight is 222 g/mol. The smallest absolute Gasteiger partial charge is 0.337 e. The van der Waals surface area contributed by atoms with Crippen molar-refractivity contribution >= 4 is 5.97 Å². The molecule has 2 nitrogen and oxygen atoms in total. The van der Waals surface area contributed by atoms with Gasteiger partial charge in [0.2, 0.25) is 0 Å². The van der Waals surface area contributed by atoms with E-state index in [2.05, 4.69) is 11.7 Å². The molecular formula is C14H22O2. The molecule has 0 aromatic heterocycles. The van der Waals surface area contributed by atoms with Crippen LogP contribution in [-0.4, -0.2) is 13.1 Å². The van der Waals surface area contributed by atoms with Gasteiger partial charge < -0.3 is 4.74 Å². The highest BCUT2D eigenvalue weighted by atomic mass is 16.5. The molecule has 0 aliphatic heterocycles. The van der Waals surface area contributed by atoms with Crippen LogP contribution in [0.15, 0.2) is 30.3 Å². The van der Waals surface area contributed by atoms with Crippen LogP contribution >= 0.6 is 0 Å². The van der Waals surface area contributed by atoms with Crippen molar-refractivity contribution in [3.05, 3.63) is 35.9 Å². The first-order valence-corrected chi connectivity index (χ1v) is 5.87. The van der Waals surface area contributed by atoms with Crippen LogP contribution in [0.2, 0.25) is 0 Å². The second kappa shape index (κ2) is 8.96. The van der Waals surface area contributed by atoms with Crippen molar-refractivity contribution < 1.29 is 9.53 Å². The Labute approximate surface area is 98.6 Å². The lowest BCUT2D eigenvalue weighted by molar-refractivity contribution is 0.0601. The fourth-order valence-corrected chi connectivity index (χ4v) is 0.859. The highest BCUT2D eigenvalue weighted by molar-refractivity contribution is 5.89. The Bertz CT molecular complexity index is 276. The number of benzene rings is 1. The van der Waals surface area contributed by atoms with E-state index in [9.17, 15) is 4.79 Å². The van der Waals surface area contributed by atoms with Gasteiger partial charge in [0.25, 0.3) is 0 Å². The predicted octanol–water partition coefficient (Wildman–Crippen LogP) is 3.92. The van der Waals surface area contributed by atoms with Crippen LogP contribution in [-0.2, 0) is 4.74 Å². The first-order chi connectivity index (χ1) is 7.74. The Hall–Kier alpha value is -1.31. The van der Waals surface area contributed by atoms with Crippen molar-refractivity contribution in [2.75, 3.05) is 7.11 Å². The van der Waals surface area contributed by atoms with E-state index in [0.29, 0.717) is 5.56 Å². The molecule has 1 aliphatic rings. The minimum atomic E-state index is -0.291. The largest absolute Gasteiger partial charge is 0.465 e. The molecule has 0 radical (unpaired) electrons. The molecule has 1 aromatic carbocycles. The maximum atomic E-state index is 10.8. The number of rotatable bonds is 1. The van der Waals surface area contributed by atoms with Gasteiger partial charge in [-0.25, -0.2) is 4.79 Å². The summed E-state index contributed by atoms with van der Waals surface area (Å²) >= 11 is 0. The van der Waals surface area contributed by atoms with Crippen molar-refractivity contribution in [2.45, 2.75) is 33.6 Å². The first-order valence-electron chi connectivity index (χ1n) is 5.87. The number of carbonyl (C=O) groups excluding carboxylic acids is 1. The van der Waals surface area contributed by atoms with Crippen LogP contribution < -0.4 is 0 Å². The summed E-state index contributed by atoms with van der Waals surface area (Å²) in [5.74, 6) is 0.792. The molecule has 0 heterocycles. The van der Waals surface area contributed by atoms with Gasteiger partial charge in [0.15, 0.2) is 0 Å². The maximum Gasteiger partial charge on any atom is 0.337 e. The Kier molecular flexibility index (Phi) is 8.22. The van der Waals surface area contributed by atoms with Gasteiger partial charge in [0.05, 0.1) is 12.7 Å². The van der Waals surface area contributed by atoms with E-state index in [-0.39, 0.29) is 5.97 Å². The summed E-state index contributed by atoms with van der Waals surface area (Å²) in [6.07, 6.45) is 2.97. The van der Waals surface area contributed by atoms with Gasteiger partial charge in [-0.1, -0.05) is 51.8 Å². The molecule has 0 atom stereocenters. The monoisotopic (exact) mass is 222 g/mol. The van der Waals surface area contributed by atoms with Crippen LogP contribution in [0.1, 0.15) is 44.0 Å². The molecule has 90 valence electrons. The molecule has 1 aliphatic carbocycles. The van der Waals surface area contributed by atoms with E-state index in [0.717, 1.165) is 5.92 Å². The molecule has 0 amide bonds. The number of carbonyl (C=O) groups is 1. The summed E-state index contributed by atoms with van der Waals surface area (Å²) in [4.78, 5) is 10.8. The molecular weight excluding hydrogens is 200 g/mol. The summed E-state index contributed by atoms with van der Waals surface area (Å²) in [6.45, 7) is 6.28.